The van der Waals surface area contributed by atoms with E-state index in [9.17, 15) is 4.39 Å². The molecule has 0 spiro atoms. The maximum Gasteiger partial charge on any atom is 0.123 e. The largest absolute Gasteiger partial charge is 0.324 e. The lowest BCUT2D eigenvalue weighted by atomic mass is 10.0. The Morgan fingerprint density at radius 2 is 2.06 bits per heavy atom. The van der Waals surface area contributed by atoms with Gasteiger partial charge in [-0.15, -0.1) is 12.4 Å². The number of benzene rings is 1. The summed E-state index contributed by atoms with van der Waals surface area (Å²) in [5.41, 5.74) is 6.67. The third-order valence-electron chi connectivity index (χ3n) is 2.48. The molecule has 0 saturated heterocycles. The Kier molecular flexibility index (Phi) is 7.73. The van der Waals surface area contributed by atoms with Crippen molar-refractivity contribution in [3.63, 3.8) is 0 Å². The molecule has 1 aromatic carbocycles. The summed E-state index contributed by atoms with van der Waals surface area (Å²) in [7, 11) is 0. The van der Waals surface area contributed by atoms with E-state index in [4.69, 9.17) is 17.3 Å². The van der Waals surface area contributed by atoms with Gasteiger partial charge in [0.05, 0.1) is 0 Å². The lowest BCUT2D eigenvalue weighted by molar-refractivity contribution is 0.572. The average molecular weight is 266 g/mol. The minimum Gasteiger partial charge on any atom is -0.324 e. The molecule has 0 unspecified atom stereocenters. The monoisotopic (exact) mass is 265 g/mol. The van der Waals surface area contributed by atoms with E-state index in [0.29, 0.717) is 10.6 Å². The van der Waals surface area contributed by atoms with Crippen LogP contribution in [0.25, 0.3) is 0 Å². The summed E-state index contributed by atoms with van der Waals surface area (Å²) in [6.07, 6.45) is 4.23. The van der Waals surface area contributed by atoms with E-state index in [1.54, 1.807) is 6.07 Å². The van der Waals surface area contributed by atoms with Crippen molar-refractivity contribution in [1.29, 1.82) is 0 Å². The SMILES string of the molecule is CCCCC[C@@H](N)c1cc(F)ccc1Cl.Cl. The quantitative estimate of drug-likeness (QED) is 0.781. The first-order valence-electron chi connectivity index (χ1n) is 5.35. The van der Waals surface area contributed by atoms with E-state index in [1.807, 2.05) is 0 Å². The van der Waals surface area contributed by atoms with Crippen LogP contribution in [-0.4, -0.2) is 0 Å². The number of unbranched alkanes of at least 4 members (excludes halogenated alkanes) is 2. The molecule has 2 N–H and O–H groups in total. The average Bonchev–Trinajstić information content (AvgIpc) is 2.22. The molecule has 1 nitrogen and oxygen atoms in total. The zero-order chi connectivity index (χ0) is 11.3. The normalized spacial score (nSPS) is 12.0. The van der Waals surface area contributed by atoms with E-state index in [0.717, 1.165) is 25.7 Å². The van der Waals surface area contributed by atoms with Crippen molar-refractivity contribution in [3.05, 3.63) is 34.6 Å². The highest BCUT2D eigenvalue weighted by atomic mass is 35.5. The summed E-state index contributed by atoms with van der Waals surface area (Å²) in [6.45, 7) is 2.14. The van der Waals surface area contributed by atoms with Crippen molar-refractivity contribution in [1.82, 2.24) is 0 Å². The fraction of sp³-hybridized carbons (Fsp3) is 0.500. The zero-order valence-electron chi connectivity index (χ0n) is 9.38. The zero-order valence-corrected chi connectivity index (χ0v) is 11.0. The second-order valence-electron chi connectivity index (χ2n) is 3.77. The van der Waals surface area contributed by atoms with Crippen molar-refractivity contribution in [2.24, 2.45) is 5.73 Å². The molecule has 0 aliphatic rings. The number of hydrogen-bond donors (Lipinski definition) is 1. The standard InChI is InChI=1S/C12H17ClFN.ClH/c1-2-3-4-5-12(15)10-8-9(14)6-7-11(10)13;/h6-8,12H,2-5,15H2,1H3;1H/t12-;/m1./s1. The van der Waals surface area contributed by atoms with Gasteiger partial charge in [0.25, 0.3) is 0 Å². The number of halogens is 3. The lowest BCUT2D eigenvalue weighted by Crippen LogP contribution is -2.11. The Bertz CT molecular complexity index is 318. The predicted molar refractivity (Wildman–Crippen MR) is 69.7 cm³/mol. The van der Waals surface area contributed by atoms with Crippen LogP contribution >= 0.6 is 24.0 Å². The van der Waals surface area contributed by atoms with Gasteiger partial charge in [-0.25, -0.2) is 4.39 Å². The van der Waals surface area contributed by atoms with Crippen LogP contribution in [0.1, 0.15) is 44.2 Å². The molecule has 4 heteroatoms. The Balaban J connectivity index is 0.00000225. The third kappa shape index (κ3) is 4.69. The minimum absolute atomic E-state index is 0. The molecule has 0 bridgehead atoms. The van der Waals surface area contributed by atoms with Crippen LogP contribution in [0, 0.1) is 5.82 Å². The Morgan fingerprint density at radius 3 is 2.69 bits per heavy atom. The number of hydrogen-bond acceptors (Lipinski definition) is 1. The fourth-order valence-electron chi connectivity index (χ4n) is 1.57. The maximum absolute atomic E-state index is 13.0. The summed E-state index contributed by atoms with van der Waals surface area (Å²) in [5.74, 6) is -0.277. The van der Waals surface area contributed by atoms with Gasteiger partial charge in [0.15, 0.2) is 0 Å². The van der Waals surface area contributed by atoms with Crippen LogP contribution in [0.5, 0.6) is 0 Å². The molecule has 0 aromatic heterocycles. The van der Waals surface area contributed by atoms with Crippen molar-refractivity contribution in [2.75, 3.05) is 0 Å². The van der Waals surface area contributed by atoms with Crippen molar-refractivity contribution < 1.29 is 4.39 Å². The van der Waals surface area contributed by atoms with Gasteiger partial charge in [-0.05, 0) is 30.2 Å². The molecule has 1 rings (SSSR count). The molecule has 0 radical (unpaired) electrons. The molecule has 16 heavy (non-hydrogen) atoms. The summed E-state index contributed by atoms with van der Waals surface area (Å²) in [4.78, 5) is 0. The second-order valence-corrected chi connectivity index (χ2v) is 4.18. The molecule has 0 fully saturated rings. The first-order valence-corrected chi connectivity index (χ1v) is 5.73. The highest BCUT2D eigenvalue weighted by molar-refractivity contribution is 6.31. The molecule has 1 aromatic rings. The van der Waals surface area contributed by atoms with Gasteiger partial charge < -0.3 is 5.73 Å². The molecule has 92 valence electrons. The fourth-order valence-corrected chi connectivity index (χ4v) is 1.83. The lowest BCUT2D eigenvalue weighted by Gasteiger charge is -2.13. The number of nitrogens with two attached hydrogens (primary N) is 1. The first-order chi connectivity index (χ1) is 7.15. The van der Waals surface area contributed by atoms with Gasteiger partial charge in [0.1, 0.15) is 5.82 Å². The molecular formula is C12H18Cl2FN. The molecular weight excluding hydrogens is 248 g/mol. The Hall–Kier alpha value is -0.310. The van der Waals surface area contributed by atoms with Gasteiger partial charge >= 0.3 is 0 Å². The second kappa shape index (κ2) is 7.88. The molecule has 0 heterocycles. The van der Waals surface area contributed by atoms with E-state index >= 15 is 0 Å². The number of rotatable bonds is 5. The van der Waals surface area contributed by atoms with Crippen molar-refractivity contribution in [2.45, 2.75) is 38.6 Å². The van der Waals surface area contributed by atoms with Crippen molar-refractivity contribution >= 4 is 24.0 Å². The van der Waals surface area contributed by atoms with Gasteiger partial charge in [0.2, 0.25) is 0 Å². The van der Waals surface area contributed by atoms with Crippen LogP contribution in [0.15, 0.2) is 18.2 Å². The highest BCUT2D eigenvalue weighted by Crippen LogP contribution is 2.25. The molecule has 0 aliphatic heterocycles. The third-order valence-corrected chi connectivity index (χ3v) is 2.82. The maximum atomic E-state index is 13.0. The topological polar surface area (TPSA) is 26.0 Å². The summed E-state index contributed by atoms with van der Waals surface area (Å²) >= 11 is 5.96. The first kappa shape index (κ1) is 15.7. The summed E-state index contributed by atoms with van der Waals surface area (Å²) in [6, 6.07) is 4.19. The molecule has 0 aliphatic carbocycles. The summed E-state index contributed by atoms with van der Waals surface area (Å²) < 4.78 is 13.0. The van der Waals surface area contributed by atoms with Crippen LogP contribution in [0.3, 0.4) is 0 Å². The molecule has 0 amide bonds. The summed E-state index contributed by atoms with van der Waals surface area (Å²) in [5, 5.41) is 0.556. The van der Waals surface area contributed by atoms with E-state index in [2.05, 4.69) is 6.92 Å². The highest BCUT2D eigenvalue weighted by Gasteiger charge is 2.10. The van der Waals surface area contributed by atoms with Crippen LogP contribution in [0.4, 0.5) is 4.39 Å². The van der Waals surface area contributed by atoms with Crippen LogP contribution in [0.2, 0.25) is 5.02 Å². The van der Waals surface area contributed by atoms with Crippen LogP contribution < -0.4 is 5.73 Å². The van der Waals surface area contributed by atoms with E-state index in [1.165, 1.54) is 12.1 Å². The predicted octanol–water partition coefficient (Wildman–Crippen LogP) is 4.48. The van der Waals surface area contributed by atoms with E-state index in [-0.39, 0.29) is 24.3 Å². The van der Waals surface area contributed by atoms with Gasteiger partial charge in [0, 0.05) is 11.1 Å². The van der Waals surface area contributed by atoms with Crippen molar-refractivity contribution in [3.8, 4) is 0 Å². The van der Waals surface area contributed by atoms with Gasteiger partial charge in [-0.1, -0.05) is 37.8 Å². The molecule has 1 atom stereocenters. The van der Waals surface area contributed by atoms with Gasteiger partial charge in [-0.2, -0.15) is 0 Å². The van der Waals surface area contributed by atoms with Gasteiger partial charge in [-0.3, -0.25) is 0 Å². The smallest absolute Gasteiger partial charge is 0.123 e. The molecule has 0 saturated carbocycles. The van der Waals surface area contributed by atoms with E-state index < -0.39 is 0 Å². The Morgan fingerprint density at radius 1 is 1.38 bits per heavy atom. The Labute approximate surface area is 108 Å². The minimum atomic E-state index is -0.277. The van der Waals surface area contributed by atoms with Crippen LogP contribution in [-0.2, 0) is 0 Å².